The average molecular weight is 253 g/mol. The molecular weight excluding hydrogens is 239 g/mol. The van der Waals surface area contributed by atoms with Crippen molar-refractivity contribution >= 4 is 11.4 Å². The summed E-state index contributed by atoms with van der Waals surface area (Å²) < 4.78 is 38.7. The van der Waals surface area contributed by atoms with Gasteiger partial charge in [0.05, 0.1) is 5.69 Å². The average Bonchev–Trinajstić information content (AvgIpc) is 2.26. The molecule has 1 nitrogen and oxygen atoms in total. The fourth-order valence-corrected chi connectivity index (χ4v) is 1.41. The monoisotopic (exact) mass is 253 g/mol. The van der Waals surface area contributed by atoms with Crippen LogP contribution in [0.2, 0.25) is 0 Å². The van der Waals surface area contributed by atoms with E-state index in [1.807, 2.05) is 0 Å². The van der Waals surface area contributed by atoms with E-state index in [1.165, 1.54) is 12.2 Å². The van der Waals surface area contributed by atoms with Crippen LogP contribution in [-0.4, -0.2) is 11.9 Å². The Kier molecular flexibility index (Phi) is 4.48. The number of para-hydroxylation sites is 1. The van der Waals surface area contributed by atoms with Gasteiger partial charge in [0.1, 0.15) is 0 Å². The summed E-state index contributed by atoms with van der Waals surface area (Å²) in [5.74, 6) is 0. The number of hydrogen-bond donors (Lipinski definition) is 0. The number of halogens is 3. The second-order valence-corrected chi connectivity index (χ2v) is 3.77. The second-order valence-electron chi connectivity index (χ2n) is 3.77. The smallest absolute Gasteiger partial charge is 0.243 e. The minimum absolute atomic E-state index is 0.145. The van der Waals surface area contributed by atoms with Crippen molar-refractivity contribution in [2.45, 2.75) is 20.0 Å². The van der Waals surface area contributed by atoms with Crippen LogP contribution in [0.4, 0.5) is 18.9 Å². The standard InChI is InChI=1S/C14H14F3N/c1-4-7-11(3)13(14(15,16)17)18-12-9-6-5-8-10(12)2/h4-9H,3H2,1-2H3/b7-4+,18-13+. The Bertz CT molecular complexity index is 496. The van der Waals surface area contributed by atoms with Crippen molar-refractivity contribution in [1.29, 1.82) is 0 Å². The van der Waals surface area contributed by atoms with Crippen molar-refractivity contribution < 1.29 is 13.2 Å². The van der Waals surface area contributed by atoms with E-state index in [1.54, 1.807) is 38.1 Å². The van der Waals surface area contributed by atoms with Crippen LogP contribution in [-0.2, 0) is 0 Å². The Balaban J connectivity index is 3.28. The summed E-state index contributed by atoms with van der Waals surface area (Å²) in [5.41, 5.74) is -0.119. The highest BCUT2D eigenvalue weighted by Gasteiger charge is 2.36. The highest BCUT2D eigenvalue weighted by Crippen LogP contribution is 2.27. The lowest BCUT2D eigenvalue weighted by Gasteiger charge is -2.11. The molecule has 0 amide bonds. The summed E-state index contributed by atoms with van der Waals surface area (Å²) in [6.45, 7) is 6.74. The number of nitrogens with zero attached hydrogens (tertiary/aromatic N) is 1. The molecule has 0 radical (unpaired) electrons. The quantitative estimate of drug-likeness (QED) is 0.544. The van der Waals surface area contributed by atoms with Crippen LogP contribution in [0.1, 0.15) is 12.5 Å². The number of aryl methyl sites for hydroxylation is 1. The molecule has 1 aromatic rings. The van der Waals surface area contributed by atoms with Gasteiger partial charge in [-0.2, -0.15) is 13.2 Å². The van der Waals surface area contributed by atoms with E-state index < -0.39 is 11.9 Å². The fraction of sp³-hybridized carbons (Fsp3) is 0.214. The van der Waals surface area contributed by atoms with E-state index in [-0.39, 0.29) is 5.57 Å². The maximum absolute atomic E-state index is 12.9. The molecule has 0 aliphatic rings. The van der Waals surface area contributed by atoms with E-state index in [4.69, 9.17) is 0 Å². The molecule has 0 saturated heterocycles. The summed E-state index contributed by atoms with van der Waals surface area (Å²) >= 11 is 0. The zero-order valence-electron chi connectivity index (χ0n) is 10.3. The first-order chi connectivity index (χ1) is 8.36. The number of benzene rings is 1. The van der Waals surface area contributed by atoms with Crippen LogP contribution in [0.3, 0.4) is 0 Å². The Morgan fingerprint density at radius 2 is 1.89 bits per heavy atom. The van der Waals surface area contributed by atoms with Crippen molar-refractivity contribution in [3.8, 4) is 0 Å². The van der Waals surface area contributed by atoms with Crippen LogP contribution < -0.4 is 0 Å². The molecule has 4 heteroatoms. The van der Waals surface area contributed by atoms with Crippen molar-refractivity contribution in [2.75, 3.05) is 0 Å². The highest BCUT2D eigenvalue weighted by atomic mass is 19.4. The molecule has 0 saturated carbocycles. The lowest BCUT2D eigenvalue weighted by Crippen LogP contribution is -2.23. The minimum atomic E-state index is -4.52. The Hall–Kier alpha value is -1.84. The van der Waals surface area contributed by atoms with Gasteiger partial charge in [0.25, 0.3) is 0 Å². The normalized spacial score (nSPS) is 13.1. The molecule has 1 rings (SSSR count). The van der Waals surface area contributed by atoms with Gasteiger partial charge < -0.3 is 0 Å². The first kappa shape index (κ1) is 14.2. The first-order valence-corrected chi connectivity index (χ1v) is 5.39. The van der Waals surface area contributed by atoms with Gasteiger partial charge in [-0.25, -0.2) is 4.99 Å². The molecule has 0 N–H and O–H groups in total. The molecule has 1 aromatic carbocycles. The summed E-state index contributed by atoms with van der Waals surface area (Å²) in [6, 6.07) is 6.66. The Morgan fingerprint density at radius 3 is 2.39 bits per heavy atom. The van der Waals surface area contributed by atoms with Crippen LogP contribution in [0, 0.1) is 6.92 Å². The third kappa shape index (κ3) is 3.58. The maximum atomic E-state index is 12.9. The van der Waals surface area contributed by atoms with E-state index in [2.05, 4.69) is 11.6 Å². The number of hydrogen-bond acceptors (Lipinski definition) is 1. The number of alkyl halides is 3. The lowest BCUT2D eigenvalue weighted by molar-refractivity contribution is -0.0580. The van der Waals surface area contributed by atoms with Gasteiger partial charge in [-0.3, -0.25) is 0 Å². The third-order valence-electron chi connectivity index (χ3n) is 2.29. The lowest BCUT2D eigenvalue weighted by atomic mass is 10.1. The molecule has 0 spiro atoms. The maximum Gasteiger partial charge on any atom is 0.433 e. The molecule has 18 heavy (non-hydrogen) atoms. The summed E-state index contributed by atoms with van der Waals surface area (Å²) in [6.07, 6.45) is -1.72. The van der Waals surface area contributed by atoms with Gasteiger partial charge in [0.2, 0.25) is 0 Å². The molecule has 0 bridgehead atoms. The van der Waals surface area contributed by atoms with Gasteiger partial charge in [-0.15, -0.1) is 0 Å². The third-order valence-corrected chi connectivity index (χ3v) is 2.29. The van der Waals surface area contributed by atoms with E-state index in [0.29, 0.717) is 11.3 Å². The zero-order chi connectivity index (χ0) is 13.8. The van der Waals surface area contributed by atoms with Crippen molar-refractivity contribution in [3.05, 3.63) is 54.1 Å². The van der Waals surface area contributed by atoms with Crippen molar-refractivity contribution in [3.63, 3.8) is 0 Å². The molecular formula is C14H14F3N. The van der Waals surface area contributed by atoms with Gasteiger partial charge in [-0.1, -0.05) is 36.9 Å². The first-order valence-electron chi connectivity index (χ1n) is 5.39. The number of allylic oxidation sites excluding steroid dienone is 3. The van der Waals surface area contributed by atoms with Gasteiger partial charge >= 0.3 is 6.18 Å². The second kappa shape index (κ2) is 5.67. The zero-order valence-corrected chi connectivity index (χ0v) is 10.3. The van der Waals surface area contributed by atoms with Crippen LogP contribution >= 0.6 is 0 Å². The predicted octanol–water partition coefficient (Wildman–Crippen LogP) is 4.76. The fourth-order valence-electron chi connectivity index (χ4n) is 1.41. The van der Waals surface area contributed by atoms with Gasteiger partial charge in [-0.05, 0) is 31.1 Å². The molecule has 0 aliphatic heterocycles. The minimum Gasteiger partial charge on any atom is -0.243 e. The Labute approximate surface area is 104 Å². The summed E-state index contributed by atoms with van der Waals surface area (Å²) in [5, 5.41) is 0. The number of rotatable bonds is 3. The molecule has 0 heterocycles. The summed E-state index contributed by atoms with van der Waals surface area (Å²) in [4.78, 5) is 3.69. The molecule has 0 aliphatic carbocycles. The summed E-state index contributed by atoms with van der Waals surface area (Å²) in [7, 11) is 0. The van der Waals surface area contributed by atoms with E-state index in [0.717, 1.165) is 0 Å². The van der Waals surface area contributed by atoms with Gasteiger partial charge in [0.15, 0.2) is 5.71 Å². The predicted molar refractivity (Wildman–Crippen MR) is 68.3 cm³/mol. The van der Waals surface area contributed by atoms with Gasteiger partial charge in [0, 0.05) is 0 Å². The van der Waals surface area contributed by atoms with E-state index >= 15 is 0 Å². The van der Waals surface area contributed by atoms with Crippen LogP contribution in [0.5, 0.6) is 0 Å². The SMILES string of the molecule is C=C(/C=C/C)/C(=N\c1ccccc1C)C(F)(F)F. The Morgan fingerprint density at radius 1 is 1.28 bits per heavy atom. The van der Waals surface area contributed by atoms with E-state index in [9.17, 15) is 13.2 Å². The molecule has 0 fully saturated rings. The molecule has 0 aromatic heterocycles. The van der Waals surface area contributed by atoms with Crippen LogP contribution in [0.15, 0.2) is 53.6 Å². The van der Waals surface area contributed by atoms with Crippen molar-refractivity contribution in [1.82, 2.24) is 0 Å². The molecule has 0 atom stereocenters. The topological polar surface area (TPSA) is 12.4 Å². The molecule has 96 valence electrons. The van der Waals surface area contributed by atoms with Crippen LogP contribution in [0.25, 0.3) is 0 Å². The largest absolute Gasteiger partial charge is 0.433 e. The van der Waals surface area contributed by atoms with Crippen molar-refractivity contribution in [2.24, 2.45) is 4.99 Å². The number of aliphatic imine (C=N–C) groups is 1. The highest BCUT2D eigenvalue weighted by molar-refractivity contribution is 6.07. The molecule has 0 unspecified atom stereocenters.